The van der Waals surface area contributed by atoms with Crippen LogP contribution in [0.3, 0.4) is 0 Å². The predicted octanol–water partition coefficient (Wildman–Crippen LogP) is 2.46. The third kappa shape index (κ3) is 9.07. The highest BCUT2D eigenvalue weighted by Gasteiger charge is 2.21. The minimum absolute atomic E-state index is 0.188. The van der Waals surface area contributed by atoms with Crippen LogP contribution in [0.2, 0.25) is 0 Å². The summed E-state index contributed by atoms with van der Waals surface area (Å²) in [6.45, 7) is 4.13. The van der Waals surface area contributed by atoms with Crippen molar-refractivity contribution in [3.63, 3.8) is 0 Å². The molecule has 0 aliphatic carbocycles. The van der Waals surface area contributed by atoms with Crippen LogP contribution in [0.4, 0.5) is 16.2 Å². The maximum Gasteiger partial charge on any atom is 0.405 e. The van der Waals surface area contributed by atoms with Crippen LogP contribution < -0.4 is 25.2 Å². The summed E-state index contributed by atoms with van der Waals surface area (Å²) in [5.74, 6) is -0.771. The molecule has 0 aliphatic rings. The second-order valence-corrected chi connectivity index (χ2v) is 9.42. The minimum atomic E-state index is -2.29. The zero-order chi connectivity index (χ0) is 27.4. The molecule has 0 aromatic heterocycles. The van der Waals surface area contributed by atoms with Crippen LogP contribution in [0.25, 0.3) is 10.8 Å². The second-order valence-electron chi connectivity index (χ2n) is 8.51. The van der Waals surface area contributed by atoms with Gasteiger partial charge >= 0.3 is 6.09 Å². The summed E-state index contributed by atoms with van der Waals surface area (Å²) in [5.41, 5.74) is 1.58. The molecule has 0 saturated carbocycles. The molecule has 0 aliphatic heterocycles. The molecule has 3 amide bonds. The van der Waals surface area contributed by atoms with Crippen molar-refractivity contribution in [3.05, 3.63) is 49.1 Å². The zero-order valence-corrected chi connectivity index (χ0v) is 21.9. The van der Waals surface area contributed by atoms with E-state index in [9.17, 15) is 23.1 Å². The van der Waals surface area contributed by atoms with E-state index in [4.69, 9.17) is 5.11 Å². The Morgan fingerprint density at radius 3 is 2.22 bits per heavy atom. The van der Waals surface area contributed by atoms with E-state index in [0.29, 0.717) is 31.5 Å². The largest absolute Gasteiger partial charge is 0.465 e. The maximum absolute atomic E-state index is 12.6. The second kappa shape index (κ2) is 14.8. The van der Waals surface area contributed by atoms with E-state index in [-0.39, 0.29) is 25.4 Å². The van der Waals surface area contributed by atoms with E-state index in [0.717, 1.165) is 22.5 Å². The Morgan fingerprint density at radius 2 is 1.62 bits per heavy atom. The first-order chi connectivity index (χ1) is 17.6. The fourth-order valence-corrected chi connectivity index (χ4v) is 4.51. The van der Waals surface area contributed by atoms with Crippen LogP contribution in [0, 0.1) is 0 Å². The molecule has 12 heteroatoms. The van der Waals surface area contributed by atoms with Gasteiger partial charge in [-0.1, -0.05) is 30.8 Å². The molecule has 11 nitrogen and oxygen atoms in total. The van der Waals surface area contributed by atoms with Crippen molar-refractivity contribution in [1.29, 1.82) is 0 Å². The number of unbranched alkanes of at least 4 members (excludes halogenated alkanes) is 1. The number of hydrogen-bond acceptors (Lipinski definition) is 5. The van der Waals surface area contributed by atoms with Crippen molar-refractivity contribution >= 4 is 51.3 Å². The Bertz CT molecular complexity index is 1130. The molecule has 2 rings (SSSR count). The highest BCUT2D eigenvalue weighted by Crippen LogP contribution is 2.33. The average molecular weight is 534 g/mol. The normalized spacial score (nSPS) is 12.3. The monoisotopic (exact) mass is 533 g/mol. The van der Waals surface area contributed by atoms with Crippen LogP contribution >= 0.6 is 0 Å². The van der Waals surface area contributed by atoms with Crippen molar-refractivity contribution in [2.45, 2.75) is 31.7 Å². The average Bonchev–Trinajstić information content (AvgIpc) is 2.86. The van der Waals surface area contributed by atoms with Gasteiger partial charge in [0.05, 0.1) is 5.69 Å². The van der Waals surface area contributed by atoms with Gasteiger partial charge in [0, 0.05) is 50.2 Å². The first kappa shape index (κ1) is 29.6. The van der Waals surface area contributed by atoms with Crippen molar-refractivity contribution in [1.82, 2.24) is 16.0 Å². The van der Waals surface area contributed by atoms with Gasteiger partial charge in [-0.2, -0.15) is 0 Å². The quantitative estimate of drug-likeness (QED) is 0.134. The number of nitrogens with zero attached hydrogens (tertiary/aromatic N) is 2. The SMILES string of the molecule is C=CC(=O)NCCCCC(NC(=O)O)C(=O)NCCCN(c1cccc2c(N(C)C)cccc12)S(=O)O. The molecule has 2 unspecified atom stereocenters. The van der Waals surface area contributed by atoms with Crippen LogP contribution in [0.5, 0.6) is 0 Å². The molecule has 0 heterocycles. The Morgan fingerprint density at radius 1 is 1.00 bits per heavy atom. The van der Waals surface area contributed by atoms with E-state index >= 15 is 0 Å². The van der Waals surface area contributed by atoms with Crippen molar-refractivity contribution < 1.29 is 28.3 Å². The van der Waals surface area contributed by atoms with Crippen molar-refractivity contribution in [3.8, 4) is 0 Å². The summed E-state index contributed by atoms with van der Waals surface area (Å²) < 4.78 is 23.5. The summed E-state index contributed by atoms with van der Waals surface area (Å²) >= 11 is -2.29. The van der Waals surface area contributed by atoms with Crippen LogP contribution in [-0.2, 0) is 20.9 Å². The first-order valence-electron chi connectivity index (χ1n) is 11.9. The molecule has 2 atom stereocenters. The lowest BCUT2D eigenvalue weighted by Gasteiger charge is -2.24. The van der Waals surface area contributed by atoms with Gasteiger partial charge in [-0.25, -0.2) is 9.00 Å². The molecular weight excluding hydrogens is 498 g/mol. The number of amides is 3. The number of carboxylic acid groups (broad SMARTS) is 1. The van der Waals surface area contributed by atoms with Gasteiger partial charge in [0.2, 0.25) is 11.8 Å². The standard InChI is InChI=1S/C25H35N5O6S/c1-4-23(31)26-15-6-5-12-20(28-25(33)34)24(32)27-16-9-17-30(37(35)36)22-14-8-10-18-19(22)11-7-13-21(18)29(2)3/h4,7-8,10-11,13-14,20,28H,1,5-6,9,12,15-17H2,2-3H3,(H,26,31)(H,27,32)(H,33,34)(H,35,36). The predicted molar refractivity (Wildman–Crippen MR) is 146 cm³/mol. The fraction of sp³-hybridized carbons (Fsp3) is 0.400. The highest BCUT2D eigenvalue weighted by molar-refractivity contribution is 7.80. The zero-order valence-electron chi connectivity index (χ0n) is 21.1. The summed E-state index contributed by atoms with van der Waals surface area (Å²) in [4.78, 5) is 36.8. The molecule has 0 spiro atoms. The number of fused-ring (bicyclic) bond motifs is 1. The number of anilines is 2. The van der Waals surface area contributed by atoms with E-state index in [1.165, 1.54) is 4.31 Å². The summed E-state index contributed by atoms with van der Waals surface area (Å²) in [6.07, 6.45) is 1.56. The van der Waals surface area contributed by atoms with E-state index < -0.39 is 29.3 Å². The number of carbonyl (C=O) groups excluding carboxylic acids is 2. The first-order valence-corrected chi connectivity index (χ1v) is 13.0. The van der Waals surface area contributed by atoms with Crippen molar-refractivity contribution in [2.75, 3.05) is 42.9 Å². The third-order valence-corrected chi connectivity index (χ3v) is 6.43. The molecule has 0 radical (unpaired) electrons. The lowest BCUT2D eigenvalue weighted by atomic mass is 10.1. The smallest absolute Gasteiger partial charge is 0.405 e. The summed E-state index contributed by atoms with van der Waals surface area (Å²) in [5, 5.41) is 18.4. The molecule has 2 aromatic rings. The highest BCUT2D eigenvalue weighted by atomic mass is 32.2. The fourth-order valence-electron chi connectivity index (χ4n) is 3.90. The third-order valence-electron chi connectivity index (χ3n) is 5.67. The Kier molecular flexibility index (Phi) is 11.8. The molecule has 5 N–H and O–H groups in total. The Labute approximate surface area is 219 Å². The van der Waals surface area contributed by atoms with Crippen molar-refractivity contribution in [2.24, 2.45) is 0 Å². The number of nitrogens with one attached hydrogen (secondary N) is 3. The molecule has 37 heavy (non-hydrogen) atoms. The number of carbonyl (C=O) groups is 3. The molecule has 2 aromatic carbocycles. The maximum atomic E-state index is 12.6. The lowest BCUT2D eigenvalue weighted by molar-refractivity contribution is -0.123. The van der Waals surface area contributed by atoms with Gasteiger partial charge in [-0.15, -0.1) is 0 Å². The van der Waals surface area contributed by atoms with E-state index in [1.807, 2.05) is 49.3 Å². The van der Waals surface area contributed by atoms with Gasteiger partial charge in [-0.05, 0) is 43.9 Å². The minimum Gasteiger partial charge on any atom is -0.465 e. The molecule has 0 bridgehead atoms. The van der Waals surface area contributed by atoms with E-state index in [2.05, 4.69) is 22.5 Å². The van der Waals surface area contributed by atoms with E-state index in [1.54, 1.807) is 6.07 Å². The summed E-state index contributed by atoms with van der Waals surface area (Å²) in [7, 11) is 3.86. The molecule has 202 valence electrons. The number of rotatable bonds is 15. The number of benzene rings is 2. The topological polar surface area (TPSA) is 151 Å². The molecular formula is C25H35N5O6S. The lowest BCUT2D eigenvalue weighted by Crippen LogP contribution is -2.46. The van der Waals surface area contributed by atoms with Gasteiger partial charge in [0.25, 0.3) is 11.3 Å². The van der Waals surface area contributed by atoms with Gasteiger partial charge in [0.15, 0.2) is 0 Å². The molecule has 0 fully saturated rings. The van der Waals surface area contributed by atoms with Gasteiger partial charge in [-0.3, -0.25) is 18.4 Å². The number of hydrogen-bond donors (Lipinski definition) is 5. The summed E-state index contributed by atoms with van der Waals surface area (Å²) in [6, 6.07) is 10.4. The Hall–Kier alpha value is -3.64. The van der Waals surface area contributed by atoms with Crippen LogP contribution in [0.1, 0.15) is 25.7 Å². The van der Waals surface area contributed by atoms with Gasteiger partial charge < -0.3 is 26.0 Å². The van der Waals surface area contributed by atoms with Crippen LogP contribution in [0.15, 0.2) is 49.1 Å². The van der Waals surface area contributed by atoms with Crippen LogP contribution in [-0.4, -0.2) is 71.5 Å². The molecule has 0 saturated heterocycles. The Balaban J connectivity index is 1.96. The van der Waals surface area contributed by atoms with Gasteiger partial charge in [0.1, 0.15) is 6.04 Å².